The Morgan fingerprint density at radius 3 is 2.84 bits per heavy atom. The predicted molar refractivity (Wildman–Crippen MR) is 97.2 cm³/mol. The Balaban J connectivity index is 2.17. The van der Waals surface area contributed by atoms with Crippen molar-refractivity contribution in [2.24, 2.45) is 0 Å². The molecule has 0 saturated carbocycles. The second-order valence-electron chi connectivity index (χ2n) is 6.74. The SMILES string of the molecule is CCCCOC(=O)N1CCN(c2ncc(Br)cc2F)C(C(C)(C)O)C1. The van der Waals surface area contributed by atoms with Crippen molar-refractivity contribution in [2.45, 2.75) is 45.3 Å². The third-order valence-corrected chi connectivity index (χ3v) is 4.67. The molecule has 1 atom stereocenters. The van der Waals surface area contributed by atoms with Gasteiger partial charge in [-0.15, -0.1) is 0 Å². The summed E-state index contributed by atoms with van der Waals surface area (Å²) in [4.78, 5) is 19.6. The van der Waals surface area contributed by atoms with Gasteiger partial charge in [0, 0.05) is 30.3 Å². The van der Waals surface area contributed by atoms with Crippen molar-refractivity contribution in [1.29, 1.82) is 0 Å². The van der Waals surface area contributed by atoms with Crippen molar-refractivity contribution in [2.75, 3.05) is 31.1 Å². The molecule has 1 N–H and O–H groups in total. The van der Waals surface area contributed by atoms with E-state index in [4.69, 9.17) is 4.74 Å². The zero-order chi connectivity index (χ0) is 18.6. The van der Waals surface area contributed by atoms with Gasteiger partial charge in [0.2, 0.25) is 0 Å². The van der Waals surface area contributed by atoms with Gasteiger partial charge in [-0.1, -0.05) is 13.3 Å². The van der Waals surface area contributed by atoms with E-state index < -0.39 is 23.6 Å². The number of halogens is 2. The summed E-state index contributed by atoms with van der Waals surface area (Å²) in [6.45, 7) is 6.69. The standard InChI is InChI=1S/C17H25BrFN3O3/c1-4-5-8-25-16(23)21-6-7-22(14(11-21)17(2,3)24)15-13(19)9-12(18)10-20-15/h9-10,14,24H,4-8,11H2,1-3H3. The topological polar surface area (TPSA) is 65.9 Å². The van der Waals surface area contributed by atoms with E-state index in [1.807, 2.05) is 6.92 Å². The number of nitrogens with zero attached hydrogens (tertiary/aromatic N) is 3. The van der Waals surface area contributed by atoms with Gasteiger partial charge in [-0.2, -0.15) is 0 Å². The van der Waals surface area contributed by atoms with Crippen molar-refractivity contribution in [3.8, 4) is 0 Å². The quantitative estimate of drug-likeness (QED) is 0.745. The van der Waals surface area contributed by atoms with Crippen LogP contribution >= 0.6 is 15.9 Å². The zero-order valence-corrected chi connectivity index (χ0v) is 16.4. The van der Waals surface area contributed by atoms with Crippen LogP contribution in [-0.4, -0.2) is 59.0 Å². The summed E-state index contributed by atoms with van der Waals surface area (Å²) in [7, 11) is 0. The first-order valence-electron chi connectivity index (χ1n) is 8.45. The van der Waals surface area contributed by atoms with Crippen LogP contribution in [-0.2, 0) is 4.74 Å². The lowest BCUT2D eigenvalue weighted by Gasteiger charge is -2.46. The number of aliphatic hydroxyl groups is 1. The van der Waals surface area contributed by atoms with E-state index in [2.05, 4.69) is 20.9 Å². The van der Waals surface area contributed by atoms with E-state index in [0.29, 0.717) is 24.2 Å². The highest BCUT2D eigenvalue weighted by molar-refractivity contribution is 9.10. The molecule has 0 radical (unpaired) electrons. The van der Waals surface area contributed by atoms with Gasteiger partial charge in [0.05, 0.1) is 18.2 Å². The molecule has 2 rings (SSSR count). The van der Waals surface area contributed by atoms with Crippen LogP contribution in [0.15, 0.2) is 16.7 Å². The van der Waals surface area contributed by atoms with E-state index in [9.17, 15) is 14.3 Å². The van der Waals surface area contributed by atoms with Gasteiger partial charge in [0.15, 0.2) is 11.6 Å². The molecule has 1 aromatic rings. The number of hydrogen-bond acceptors (Lipinski definition) is 5. The number of carbonyl (C=O) groups is 1. The molecule has 1 aliphatic rings. The molecule has 25 heavy (non-hydrogen) atoms. The molecule has 2 heterocycles. The summed E-state index contributed by atoms with van der Waals surface area (Å²) in [5, 5.41) is 10.6. The average molecular weight is 418 g/mol. The van der Waals surface area contributed by atoms with Crippen LogP contribution in [0.2, 0.25) is 0 Å². The number of carbonyl (C=O) groups excluding carboxylic acids is 1. The highest BCUT2D eigenvalue weighted by Gasteiger charge is 2.40. The van der Waals surface area contributed by atoms with Crippen LogP contribution < -0.4 is 4.90 Å². The van der Waals surface area contributed by atoms with Gasteiger partial charge >= 0.3 is 6.09 Å². The van der Waals surface area contributed by atoms with Crippen molar-refractivity contribution in [1.82, 2.24) is 9.88 Å². The van der Waals surface area contributed by atoms with Gasteiger partial charge in [0.25, 0.3) is 0 Å². The highest BCUT2D eigenvalue weighted by Crippen LogP contribution is 2.28. The monoisotopic (exact) mass is 417 g/mol. The molecule has 1 aromatic heterocycles. The maximum Gasteiger partial charge on any atom is 0.409 e. The van der Waals surface area contributed by atoms with Crippen molar-refractivity contribution >= 4 is 27.8 Å². The minimum absolute atomic E-state index is 0.175. The van der Waals surface area contributed by atoms with Gasteiger partial charge in [-0.25, -0.2) is 14.2 Å². The summed E-state index contributed by atoms with van der Waals surface area (Å²) in [6.07, 6.45) is 2.88. The maximum atomic E-state index is 14.3. The van der Waals surface area contributed by atoms with Gasteiger partial charge in [-0.3, -0.25) is 0 Å². The van der Waals surface area contributed by atoms with E-state index in [1.165, 1.54) is 12.3 Å². The number of amides is 1. The molecule has 0 aromatic carbocycles. The first kappa shape index (κ1) is 19.9. The summed E-state index contributed by atoms with van der Waals surface area (Å²) >= 11 is 3.19. The van der Waals surface area contributed by atoms with Crippen LogP contribution in [0.1, 0.15) is 33.6 Å². The zero-order valence-electron chi connectivity index (χ0n) is 14.8. The molecule has 1 fully saturated rings. The molecule has 1 saturated heterocycles. The lowest BCUT2D eigenvalue weighted by molar-refractivity contribution is 0.0200. The van der Waals surface area contributed by atoms with Crippen molar-refractivity contribution in [3.05, 3.63) is 22.6 Å². The first-order valence-corrected chi connectivity index (χ1v) is 9.25. The average Bonchev–Trinajstić information content (AvgIpc) is 2.54. The molecule has 8 heteroatoms. The van der Waals surface area contributed by atoms with E-state index >= 15 is 0 Å². The number of anilines is 1. The minimum atomic E-state index is -1.15. The van der Waals surface area contributed by atoms with Crippen molar-refractivity contribution < 1.29 is 19.0 Å². The fourth-order valence-electron chi connectivity index (χ4n) is 2.82. The number of hydrogen-bond donors (Lipinski definition) is 1. The minimum Gasteiger partial charge on any atom is -0.449 e. The van der Waals surface area contributed by atoms with Crippen molar-refractivity contribution in [3.63, 3.8) is 0 Å². The fraction of sp³-hybridized carbons (Fsp3) is 0.647. The number of aromatic nitrogens is 1. The summed E-state index contributed by atoms with van der Waals surface area (Å²) < 4.78 is 20.1. The Hall–Kier alpha value is -1.41. The fourth-order valence-corrected chi connectivity index (χ4v) is 3.12. The third kappa shape index (κ3) is 5.04. The summed E-state index contributed by atoms with van der Waals surface area (Å²) in [5.74, 6) is -0.295. The Labute approximate surface area is 156 Å². The molecule has 1 aliphatic heterocycles. The molecule has 0 aliphatic carbocycles. The van der Waals surface area contributed by atoms with Crippen LogP contribution in [0, 0.1) is 5.82 Å². The molecular weight excluding hydrogens is 393 g/mol. The largest absolute Gasteiger partial charge is 0.449 e. The number of ether oxygens (including phenoxy) is 1. The second kappa shape index (κ2) is 8.31. The number of rotatable bonds is 5. The van der Waals surface area contributed by atoms with Crippen LogP contribution in [0.3, 0.4) is 0 Å². The number of unbranched alkanes of at least 4 members (excludes halogenated alkanes) is 1. The Morgan fingerprint density at radius 1 is 1.52 bits per heavy atom. The van der Waals surface area contributed by atoms with E-state index in [0.717, 1.165) is 12.8 Å². The summed E-state index contributed by atoms with van der Waals surface area (Å²) in [5.41, 5.74) is -1.15. The normalized spacial score (nSPS) is 18.4. The van der Waals surface area contributed by atoms with E-state index in [-0.39, 0.29) is 12.4 Å². The Morgan fingerprint density at radius 2 is 2.24 bits per heavy atom. The van der Waals surface area contributed by atoms with Crippen LogP contribution in [0.4, 0.5) is 15.0 Å². The molecule has 1 amide bonds. The van der Waals surface area contributed by atoms with Crippen LogP contribution in [0.5, 0.6) is 0 Å². The third-order valence-electron chi connectivity index (χ3n) is 4.24. The molecule has 0 bridgehead atoms. The Bertz CT molecular complexity index is 609. The molecular formula is C17H25BrFN3O3. The number of piperazine rings is 1. The van der Waals surface area contributed by atoms with Gasteiger partial charge in [0.1, 0.15) is 0 Å². The lowest BCUT2D eigenvalue weighted by Crippen LogP contribution is -2.62. The number of pyridine rings is 1. The smallest absolute Gasteiger partial charge is 0.409 e. The first-order chi connectivity index (χ1) is 11.7. The highest BCUT2D eigenvalue weighted by atomic mass is 79.9. The van der Waals surface area contributed by atoms with Gasteiger partial charge < -0.3 is 19.6 Å². The van der Waals surface area contributed by atoms with Crippen LogP contribution in [0.25, 0.3) is 0 Å². The molecule has 6 nitrogen and oxygen atoms in total. The second-order valence-corrected chi connectivity index (χ2v) is 7.65. The molecule has 0 spiro atoms. The molecule has 1 unspecified atom stereocenters. The maximum absolute atomic E-state index is 14.3. The lowest BCUT2D eigenvalue weighted by atomic mass is 9.94. The van der Waals surface area contributed by atoms with E-state index in [1.54, 1.807) is 23.6 Å². The Kier molecular flexibility index (Phi) is 6.62. The summed E-state index contributed by atoms with van der Waals surface area (Å²) in [6, 6.07) is 0.845. The van der Waals surface area contributed by atoms with Gasteiger partial charge in [-0.05, 0) is 42.3 Å². The predicted octanol–water partition coefficient (Wildman–Crippen LogP) is 3.18. The molecule has 140 valence electrons.